The van der Waals surface area contributed by atoms with Crippen molar-refractivity contribution in [3.8, 4) is 11.8 Å². The van der Waals surface area contributed by atoms with Crippen LogP contribution in [0.1, 0.15) is 18.4 Å². The molecular weight excluding hydrogens is 268 g/mol. The van der Waals surface area contributed by atoms with E-state index in [0.717, 1.165) is 5.56 Å². The summed E-state index contributed by atoms with van der Waals surface area (Å²) in [7, 11) is 0. The maximum atomic E-state index is 11.9. The molecule has 2 N–H and O–H groups in total. The SMILES string of the molecule is O=C(CCn1cncn1)Nc1ccccc1C#CCCO. The molecule has 6 heteroatoms. The van der Waals surface area contributed by atoms with Crippen molar-refractivity contribution in [1.82, 2.24) is 14.8 Å². The molecule has 1 heterocycles. The van der Waals surface area contributed by atoms with Crippen molar-refractivity contribution >= 4 is 11.6 Å². The maximum Gasteiger partial charge on any atom is 0.226 e. The minimum Gasteiger partial charge on any atom is -0.395 e. The first-order chi connectivity index (χ1) is 10.3. The number of carbonyl (C=O) groups is 1. The molecule has 1 aromatic heterocycles. The van der Waals surface area contributed by atoms with E-state index in [1.807, 2.05) is 18.2 Å². The molecule has 0 fully saturated rings. The number of aryl methyl sites for hydroxylation is 1. The topological polar surface area (TPSA) is 80.0 Å². The number of hydrogen-bond donors (Lipinski definition) is 2. The summed E-state index contributed by atoms with van der Waals surface area (Å²) in [5.74, 6) is 5.67. The Bertz CT molecular complexity index is 641. The fraction of sp³-hybridized carbons (Fsp3) is 0.267. The molecule has 21 heavy (non-hydrogen) atoms. The lowest BCUT2D eigenvalue weighted by molar-refractivity contribution is -0.116. The van der Waals surface area contributed by atoms with Crippen LogP contribution in [0, 0.1) is 11.8 Å². The second-order valence-corrected chi connectivity index (χ2v) is 4.28. The first-order valence-corrected chi connectivity index (χ1v) is 6.60. The number of anilines is 1. The summed E-state index contributed by atoms with van der Waals surface area (Å²) in [4.78, 5) is 15.8. The van der Waals surface area contributed by atoms with E-state index in [1.165, 1.54) is 6.33 Å². The van der Waals surface area contributed by atoms with Crippen molar-refractivity contribution in [1.29, 1.82) is 0 Å². The second-order valence-electron chi connectivity index (χ2n) is 4.28. The molecule has 0 radical (unpaired) electrons. The Morgan fingerprint density at radius 2 is 2.24 bits per heavy atom. The highest BCUT2D eigenvalue weighted by atomic mass is 16.2. The van der Waals surface area contributed by atoms with Gasteiger partial charge >= 0.3 is 0 Å². The van der Waals surface area contributed by atoms with E-state index < -0.39 is 0 Å². The van der Waals surface area contributed by atoms with E-state index in [0.29, 0.717) is 25.1 Å². The standard InChI is InChI=1S/C15H16N4O2/c20-10-4-3-6-13-5-1-2-7-14(13)18-15(21)8-9-19-12-16-11-17-19/h1-2,5,7,11-12,20H,4,8-10H2,(H,18,21). The first kappa shape index (κ1) is 14.8. The predicted molar refractivity (Wildman–Crippen MR) is 78.3 cm³/mol. The number of aliphatic hydroxyl groups excluding tert-OH is 1. The number of aliphatic hydroxyl groups is 1. The van der Waals surface area contributed by atoms with Crippen LogP contribution >= 0.6 is 0 Å². The molecule has 0 spiro atoms. The molecule has 0 aliphatic heterocycles. The molecular formula is C15H16N4O2. The maximum absolute atomic E-state index is 11.9. The average Bonchev–Trinajstić information content (AvgIpc) is 3.00. The molecule has 0 saturated carbocycles. The van der Waals surface area contributed by atoms with E-state index in [4.69, 9.17) is 5.11 Å². The van der Waals surface area contributed by atoms with Gasteiger partial charge in [-0.25, -0.2) is 4.98 Å². The third-order valence-corrected chi connectivity index (χ3v) is 2.70. The lowest BCUT2D eigenvalue weighted by atomic mass is 10.1. The van der Waals surface area contributed by atoms with Crippen molar-refractivity contribution in [3.63, 3.8) is 0 Å². The van der Waals surface area contributed by atoms with Gasteiger partial charge in [-0.05, 0) is 12.1 Å². The van der Waals surface area contributed by atoms with Crippen LogP contribution < -0.4 is 5.32 Å². The van der Waals surface area contributed by atoms with E-state index in [2.05, 4.69) is 27.2 Å². The number of benzene rings is 1. The van der Waals surface area contributed by atoms with Crippen LogP contribution in [-0.2, 0) is 11.3 Å². The summed E-state index contributed by atoms with van der Waals surface area (Å²) in [5.41, 5.74) is 1.41. The smallest absolute Gasteiger partial charge is 0.226 e. The zero-order valence-corrected chi connectivity index (χ0v) is 11.5. The molecule has 0 atom stereocenters. The zero-order valence-electron chi connectivity index (χ0n) is 11.5. The largest absolute Gasteiger partial charge is 0.395 e. The Morgan fingerprint density at radius 3 is 3.00 bits per heavy atom. The van der Waals surface area contributed by atoms with Crippen LogP contribution in [0.5, 0.6) is 0 Å². The molecule has 0 bridgehead atoms. The van der Waals surface area contributed by atoms with Crippen LogP contribution in [0.4, 0.5) is 5.69 Å². The molecule has 1 amide bonds. The van der Waals surface area contributed by atoms with Gasteiger partial charge in [0, 0.05) is 18.4 Å². The predicted octanol–water partition coefficient (Wildman–Crippen LogP) is 1.04. The van der Waals surface area contributed by atoms with Crippen molar-refractivity contribution < 1.29 is 9.90 Å². The molecule has 2 rings (SSSR count). The minimum atomic E-state index is -0.109. The van der Waals surface area contributed by atoms with Gasteiger partial charge in [0.05, 0.1) is 18.8 Å². The van der Waals surface area contributed by atoms with E-state index >= 15 is 0 Å². The Labute approximate surface area is 122 Å². The quantitative estimate of drug-likeness (QED) is 0.804. The highest BCUT2D eigenvalue weighted by Gasteiger charge is 2.05. The summed E-state index contributed by atoms with van der Waals surface area (Å²) in [6.07, 6.45) is 3.72. The van der Waals surface area contributed by atoms with Gasteiger partial charge in [-0.2, -0.15) is 5.10 Å². The Morgan fingerprint density at radius 1 is 1.38 bits per heavy atom. The highest BCUT2D eigenvalue weighted by molar-refractivity contribution is 5.92. The third-order valence-electron chi connectivity index (χ3n) is 2.70. The number of nitrogens with zero attached hydrogens (tertiary/aromatic N) is 3. The van der Waals surface area contributed by atoms with Gasteiger partial charge in [-0.15, -0.1) is 0 Å². The van der Waals surface area contributed by atoms with Gasteiger partial charge in [0.25, 0.3) is 0 Å². The Balaban J connectivity index is 1.95. The van der Waals surface area contributed by atoms with Crippen molar-refractivity contribution in [2.24, 2.45) is 0 Å². The molecule has 108 valence electrons. The van der Waals surface area contributed by atoms with Gasteiger partial charge in [0.2, 0.25) is 5.91 Å². The summed E-state index contributed by atoms with van der Waals surface area (Å²) in [6, 6.07) is 7.33. The van der Waals surface area contributed by atoms with Gasteiger partial charge < -0.3 is 10.4 Å². The molecule has 6 nitrogen and oxygen atoms in total. The van der Waals surface area contributed by atoms with E-state index in [9.17, 15) is 4.79 Å². The monoisotopic (exact) mass is 284 g/mol. The number of hydrogen-bond acceptors (Lipinski definition) is 4. The van der Waals surface area contributed by atoms with Crippen LogP contribution in [0.25, 0.3) is 0 Å². The van der Waals surface area contributed by atoms with E-state index in [1.54, 1.807) is 17.1 Å². The molecule has 2 aromatic rings. The van der Waals surface area contributed by atoms with Gasteiger partial charge in [-0.1, -0.05) is 24.0 Å². The molecule has 0 aliphatic carbocycles. The number of amides is 1. The van der Waals surface area contributed by atoms with Crippen molar-refractivity contribution in [2.45, 2.75) is 19.4 Å². The van der Waals surface area contributed by atoms with Crippen LogP contribution in [0.15, 0.2) is 36.9 Å². The molecule has 0 aliphatic rings. The van der Waals surface area contributed by atoms with E-state index in [-0.39, 0.29) is 12.5 Å². The lowest BCUT2D eigenvalue weighted by Gasteiger charge is -2.07. The number of nitrogens with one attached hydrogen (secondary N) is 1. The fourth-order valence-electron chi connectivity index (χ4n) is 1.69. The number of para-hydroxylation sites is 1. The average molecular weight is 284 g/mol. The normalized spacial score (nSPS) is 9.76. The van der Waals surface area contributed by atoms with Crippen LogP contribution in [-0.4, -0.2) is 32.4 Å². The highest BCUT2D eigenvalue weighted by Crippen LogP contribution is 2.14. The summed E-state index contributed by atoms with van der Waals surface area (Å²) >= 11 is 0. The minimum absolute atomic E-state index is 0.0272. The summed E-state index contributed by atoms with van der Waals surface area (Å²) in [6.45, 7) is 0.504. The fourth-order valence-corrected chi connectivity index (χ4v) is 1.69. The summed E-state index contributed by atoms with van der Waals surface area (Å²) in [5, 5.41) is 15.5. The molecule has 0 saturated heterocycles. The van der Waals surface area contributed by atoms with Gasteiger partial charge in [0.15, 0.2) is 0 Å². The number of rotatable bonds is 5. The number of aromatic nitrogens is 3. The third kappa shape index (κ3) is 4.75. The van der Waals surface area contributed by atoms with Crippen molar-refractivity contribution in [2.75, 3.05) is 11.9 Å². The van der Waals surface area contributed by atoms with Crippen LogP contribution in [0.2, 0.25) is 0 Å². The second kappa shape index (κ2) is 7.82. The zero-order chi connectivity index (χ0) is 14.9. The number of carbonyl (C=O) groups excluding carboxylic acids is 1. The van der Waals surface area contributed by atoms with Gasteiger partial charge in [-0.3, -0.25) is 9.48 Å². The summed E-state index contributed by atoms with van der Waals surface area (Å²) < 4.78 is 1.60. The first-order valence-electron chi connectivity index (χ1n) is 6.60. The van der Waals surface area contributed by atoms with Crippen LogP contribution in [0.3, 0.4) is 0 Å². The Hall–Kier alpha value is -2.65. The lowest BCUT2D eigenvalue weighted by Crippen LogP contribution is -2.15. The van der Waals surface area contributed by atoms with Gasteiger partial charge in [0.1, 0.15) is 12.7 Å². The molecule has 1 aromatic carbocycles. The van der Waals surface area contributed by atoms with Crippen molar-refractivity contribution in [3.05, 3.63) is 42.5 Å². The Kier molecular flexibility index (Phi) is 5.50. The molecule has 0 unspecified atom stereocenters.